The van der Waals surface area contributed by atoms with Crippen molar-refractivity contribution >= 4 is 17.4 Å². The SMILES string of the molecule is Cc1cc(N2CCOCC2)cc(NC2CN(C(=O)Cc3ccc(OC(F)(F)F)cc3)CC2O)n1. The number of carbonyl (C=O) groups is 1. The minimum absolute atomic E-state index is 0.00954. The van der Waals surface area contributed by atoms with E-state index in [4.69, 9.17) is 4.74 Å². The number of alkyl halides is 3. The highest BCUT2D eigenvalue weighted by Crippen LogP contribution is 2.25. The average molecular weight is 480 g/mol. The first-order valence-corrected chi connectivity index (χ1v) is 11.0. The van der Waals surface area contributed by atoms with E-state index in [2.05, 4.69) is 19.9 Å². The third kappa shape index (κ3) is 6.29. The first-order chi connectivity index (χ1) is 16.2. The smallest absolute Gasteiger partial charge is 0.406 e. The molecule has 3 heterocycles. The van der Waals surface area contributed by atoms with Crippen molar-refractivity contribution in [3.05, 3.63) is 47.7 Å². The molecule has 0 aliphatic carbocycles. The monoisotopic (exact) mass is 480 g/mol. The third-order valence-electron chi connectivity index (χ3n) is 5.80. The van der Waals surface area contributed by atoms with Crippen molar-refractivity contribution in [2.75, 3.05) is 49.6 Å². The molecule has 1 aromatic carbocycles. The number of likely N-dealkylation sites (tertiary alicyclic amines) is 1. The number of aromatic nitrogens is 1. The summed E-state index contributed by atoms with van der Waals surface area (Å²) in [5.74, 6) is 0.0609. The van der Waals surface area contributed by atoms with Crippen LogP contribution in [0.3, 0.4) is 0 Å². The lowest BCUT2D eigenvalue weighted by atomic mass is 10.1. The maximum Gasteiger partial charge on any atom is 0.573 e. The van der Waals surface area contributed by atoms with Crippen molar-refractivity contribution in [1.82, 2.24) is 9.88 Å². The van der Waals surface area contributed by atoms with Crippen LogP contribution in [0.25, 0.3) is 0 Å². The van der Waals surface area contributed by atoms with Crippen LogP contribution in [0.1, 0.15) is 11.3 Å². The number of aliphatic hydroxyl groups is 1. The predicted octanol–water partition coefficient (Wildman–Crippen LogP) is 2.35. The molecule has 1 aromatic heterocycles. The van der Waals surface area contributed by atoms with E-state index in [-0.39, 0.29) is 31.2 Å². The molecule has 2 saturated heterocycles. The number of carbonyl (C=O) groups excluding carboxylic acids is 1. The Hall–Kier alpha value is -3.05. The van der Waals surface area contributed by atoms with Gasteiger partial charge in [-0.2, -0.15) is 0 Å². The molecule has 0 spiro atoms. The summed E-state index contributed by atoms with van der Waals surface area (Å²) in [6, 6.07) is 8.74. The van der Waals surface area contributed by atoms with Gasteiger partial charge in [-0.1, -0.05) is 12.1 Å². The van der Waals surface area contributed by atoms with Gasteiger partial charge in [0.1, 0.15) is 11.6 Å². The number of hydrogen-bond acceptors (Lipinski definition) is 7. The van der Waals surface area contributed by atoms with Crippen LogP contribution in [0, 0.1) is 6.92 Å². The van der Waals surface area contributed by atoms with E-state index < -0.39 is 18.5 Å². The van der Waals surface area contributed by atoms with Crippen molar-refractivity contribution < 1.29 is 32.5 Å². The number of aryl methyl sites for hydroxylation is 1. The van der Waals surface area contributed by atoms with E-state index in [0.717, 1.165) is 24.5 Å². The largest absolute Gasteiger partial charge is 0.573 e. The number of β-amino-alcohol motifs (C(OH)–C–C–N with tert-alkyl or cyclic N) is 1. The lowest BCUT2D eigenvalue weighted by molar-refractivity contribution is -0.274. The van der Waals surface area contributed by atoms with E-state index >= 15 is 0 Å². The number of ether oxygens (including phenoxy) is 2. The molecule has 11 heteroatoms. The lowest BCUT2D eigenvalue weighted by Gasteiger charge is -2.29. The zero-order chi connectivity index (χ0) is 24.3. The number of aliphatic hydroxyl groups excluding tert-OH is 1. The Kier molecular flexibility index (Phi) is 7.13. The minimum Gasteiger partial charge on any atom is -0.406 e. The van der Waals surface area contributed by atoms with Gasteiger partial charge >= 0.3 is 6.36 Å². The molecular formula is C23H27F3N4O4. The molecule has 0 bridgehead atoms. The van der Waals surface area contributed by atoms with E-state index in [0.29, 0.717) is 24.6 Å². The molecule has 2 aromatic rings. The van der Waals surface area contributed by atoms with Crippen molar-refractivity contribution in [3.8, 4) is 5.75 Å². The van der Waals surface area contributed by atoms with Gasteiger partial charge in [0.05, 0.1) is 31.8 Å². The highest BCUT2D eigenvalue weighted by Gasteiger charge is 2.34. The number of morpholine rings is 1. The van der Waals surface area contributed by atoms with Crippen molar-refractivity contribution in [1.29, 1.82) is 0 Å². The average Bonchev–Trinajstić information content (AvgIpc) is 3.14. The standard InChI is InChI=1S/C23H27F3N4O4/c1-15-10-17(29-6-8-33-9-7-29)12-21(27-15)28-19-13-30(14-20(19)31)22(32)11-16-2-4-18(5-3-16)34-23(24,25)26/h2-5,10,12,19-20,31H,6-9,11,13-14H2,1H3,(H,27,28). The van der Waals surface area contributed by atoms with Gasteiger partial charge in [0.2, 0.25) is 5.91 Å². The summed E-state index contributed by atoms with van der Waals surface area (Å²) < 4.78 is 46.2. The van der Waals surface area contributed by atoms with Gasteiger partial charge in [-0.15, -0.1) is 13.2 Å². The van der Waals surface area contributed by atoms with Crippen LogP contribution < -0.4 is 15.0 Å². The molecule has 2 N–H and O–H groups in total. The van der Waals surface area contributed by atoms with Crippen molar-refractivity contribution in [3.63, 3.8) is 0 Å². The van der Waals surface area contributed by atoms with E-state index in [9.17, 15) is 23.1 Å². The van der Waals surface area contributed by atoms with Crippen LogP contribution in [0.5, 0.6) is 5.75 Å². The van der Waals surface area contributed by atoms with Crippen LogP contribution >= 0.6 is 0 Å². The van der Waals surface area contributed by atoms with Gasteiger partial charge in [0.15, 0.2) is 0 Å². The maximum atomic E-state index is 12.7. The summed E-state index contributed by atoms with van der Waals surface area (Å²) in [6.07, 6.45) is -5.53. The van der Waals surface area contributed by atoms with E-state index in [1.165, 1.54) is 24.3 Å². The first-order valence-electron chi connectivity index (χ1n) is 11.0. The molecule has 8 nitrogen and oxygen atoms in total. The Morgan fingerprint density at radius 2 is 1.91 bits per heavy atom. The lowest BCUT2D eigenvalue weighted by Crippen LogP contribution is -2.36. The second-order valence-corrected chi connectivity index (χ2v) is 8.44. The topological polar surface area (TPSA) is 87.2 Å². The minimum atomic E-state index is -4.76. The van der Waals surface area contributed by atoms with Gasteiger partial charge in [0, 0.05) is 43.6 Å². The highest BCUT2D eigenvalue weighted by molar-refractivity contribution is 5.79. The second-order valence-electron chi connectivity index (χ2n) is 8.44. The molecule has 0 saturated carbocycles. The molecule has 2 aliphatic rings. The number of pyridine rings is 1. The molecule has 2 unspecified atom stereocenters. The van der Waals surface area contributed by atoms with Crippen LogP contribution in [-0.4, -0.2) is 78.8 Å². The van der Waals surface area contributed by atoms with E-state index in [1.54, 1.807) is 4.90 Å². The number of anilines is 2. The van der Waals surface area contributed by atoms with Gasteiger partial charge in [-0.25, -0.2) is 4.98 Å². The summed E-state index contributed by atoms with van der Waals surface area (Å²) in [6.45, 7) is 5.27. The molecule has 0 radical (unpaired) electrons. The Morgan fingerprint density at radius 1 is 1.21 bits per heavy atom. The fourth-order valence-electron chi connectivity index (χ4n) is 4.15. The number of hydrogen-bond donors (Lipinski definition) is 2. The molecule has 2 aliphatic heterocycles. The molecular weight excluding hydrogens is 453 g/mol. The summed E-state index contributed by atoms with van der Waals surface area (Å²) in [5.41, 5.74) is 2.42. The number of nitrogens with one attached hydrogen (secondary N) is 1. The highest BCUT2D eigenvalue weighted by atomic mass is 19.4. The molecule has 4 rings (SSSR count). The van der Waals surface area contributed by atoms with Crippen LogP contribution in [-0.2, 0) is 16.0 Å². The van der Waals surface area contributed by atoms with Gasteiger partial charge in [-0.05, 0) is 30.7 Å². The number of amides is 1. The second kappa shape index (κ2) is 10.1. The Labute approximate surface area is 195 Å². The summed E-state index contributed by atoms with van der Waals surface area (Å²) in [4.78, 5) is 21.0. The Bertz CT molecular complexity index is 997. The first kappa shape index (κ1) is 24.1. The zero-order valence-corrected chi connectivity index (χ0v) is 18.7. The summed E-state index contributed by atoms with van der Waals surface area (Å²) >= 11 is 0. The zero-order valence-electron chi connectivity index (χ0n) is 18.7. The molecule has 1 amide bonds. The molecule has 34 heavy (non-hydrogen) atoms. The summed E-state index contributed by atoms with van der Waals surface area (Å²) in [7, 11) is 0. The van der Waals surface area contributed by atoms with Gasteiger partial charge < -0.3 is 29.7 Å². The van der Waals surface area contributed by atoms with Crippen molar-refractivity contribution in [2.45, 2.75) is 31.9 Å². The van der Waals surface area contributed by atoms with Crippen LogP contribution in [0.15, 0.2) is 36.4 Å². The van der Waals surface area contributed by atoms with Crippen LogP contribution in [0.4, 0.5) is 24.7 Å². The van der Waals surface area contributed by atoms with Crippen molar-refractivity contribution in [2.24, 2.45) is 0 Å². The fourth-order valence-corrected chi connectivity index (χ4v) is 4.15. The van der Waals surface area contributed by atoms with E-state index in [1.807, 2.05) is 19.1 Å². The quantitative estimate of drug-likeness (QED) is 0.657. The normalized spacial score (nSPS) is 21.0. The Morgan fingerprint density at radius 3 is 2.59 bits per heavy atom. The number of benzene rings is 1. The predicted molar refractivity (Wildman–Crippen MR) is 119 cm³/mol. The third-order valence-corrected chi connectivity index (χ3v) is 5.80. The molecule has 2 fully saturated rings. The number of halogens is 3. The molecule has 184 valence electrons. The maximum absolute atomic E-state index is 12.7. The van der Waals surface area contributed by atoms with Crippen LogP contribution in [0.2, 0.25) is 0 Å². The Balaban J connectivity index is 1.35. The van der Waals surface area contributed by atoms with Gasteiger partial charge in [0.25, 0.3) is 0 Å². The van der Waals surface area contributed by atoms with Gasteiger partial charge in [-0.3, -0.25) is 4.79 Å². The molecule has 2 atom stereocenters. The number of rotatable bonds is 6. The summed E-state index contributed by atoms with van der Waals surface area (Å²) in [5, 5.41) is 13.8. The number of nitrogens with zero attached hydrogens (tertiary/aromatic N) is 3. The fraction of sp³-hybridized carbons (Fsp3) is 0.478.